The Morgan fingerprint density at radius 2 is 1.82 bits per heavy atom. The van der Waals surface area contributed by atoms with Gasteiger partial charge in [0.05, 0.1) is 11.6 Å². The summed E-state index contributed by atoms with van der Waals surface area (Å²) in [7, 11) is 2.01. The number of amides is 1. The number of hydrogen-bond donors (Lipinski definition) is 1. The Morgan fingerprint density at radius 3 is 2.54 bits per heavy atom. The highest BCUT2D eigenvalue weighted by molar-refractivity contribution is 5.98. The molecule has 1 amide bonds. The number of nitrogens with zero attached hydrogens (tertiary/aromatic N) is 3. The van der Waals surface area contributed by atoms with E-state index in [0.717, 1.165) is 35.1 Å². The lowest BCUT2D eigenvalue weighted by molar-refractivity contribution is -0.124. The third-order valence-electron chi connectivity index (χ3n) is 5.59. The highest BCUT2D eigenvalue weighted by atomic mass is 16.2. The first-order valence-corrected chi connectivity index (χ1v) is 9.47. The number of benzene rings is 2. The van der Waals surface area contributed by atoms with Gasteiger partial charge in [0.1, 0.15) is 5.41 Å². The SMILES string of the molecule is CN1CCC(C#N)(C(=O)Nc2ccc(-c3ccnc4ccccc34)cc2)CC1. The van der Waals surface area contributed by atoms with E-state index in [1.54, 1.807) is 0 Å². The topological polar surface area (TPSA) is 69.0 Å². The minimum atomic E-state index is -0.938. The van der Waals surface area contributed by atoms with Gasteiger partial charge in [-0.2, -0.15) is 5.26 Å². The van der Waals surface area contributed by atoms with Crippen LogP contribution in [0, 0.1) is 16.7 Å². The van der Waals surface area contributed by atoms with Gasteiger partial charge in [-0.15, -0.1) is 0 Å². The van der Waals surface area contributed by atoms with Crippen LogP contribution in [-0.4, -0.2) is 35.9 Å². The molecule has 140 valence electrons. The number of likely N-dealkylation sites (tertiary alicyclic amines) is 1. The lowest BCUT2D eigenvalue weighted by Gasteiger charge is -2.34. The molecule has 3 aromatic rings. The Labute approximate surface area is 164 Å². The van der Waals surface area contributed by atoms with E-state index in [4.69, 9.17) is 0 Å². The van der Waals surface area contributed by atoms with Crippen molar-refractivity contribution in [3.05, 3.63) is 60.8 Å². The summed E-state index contributed by atoms with van der Waals surface area (Å²) in [6.45, 7) is 1.52. The molecule has 5 heteroatoms. The first kappa shape index (κ1) is 18.1. The molecular weight excluding hydrogens is 348 g/mol. The highest BCUT2D eigenvalue weighted by Gasteiger charge is 2.41. The summed E-state index contributed by atoms with van der Waals surface area (Å²) >= 11 is 0. The van der Waals surface area contributed by atoms with E-state index in [0.29, 0.717) is 18.5 Å². The number of aromatic nitrogens is 1. The average Bonchev–Trinajstić information content (AvgIpc) is 2.75. The molecule has 0 unspecified atom stereocenters. The van der Waals surface area contributed by atoms with Crippen LogP contribution in [0.3, 0.4) is 0 Å². The lowest BCUT2D eigenvalue weighted by atomic mass is 9.79. The van der Waals surface area contributed by atoms with E-state index in [-0.39, 0.29) is 5.91 Å². The number of carbonyl (C=O) groups excluding carboxylic acids is 1. The minimum absolute atomic E-state index is 0.204. The number of nitriles is 1. The molecule has 1 aromatic heterocycles. The number of nitrogens with one attached hydrogen (secondary N) is 1. The highest BCUT2D eigenvalue weighted by Crippen LogP contribution is 2.33. The van der Waals surface area contributed by atoms with Gasteiger partial charge in [-0.3, -0.25) is 9.78 Å². The molecule has 0 spiro atoms. The van der Waals surface area contributed by atoms with Crippen molar-refractivity contribution in [2.45, 2.75) is 12.8 Å². The van der Waals surface area contributed by atoms with Crippen molar-refractivity contribution >= 4 is 22.5 Å². The second-order valence-electron chi connectivity index (χ2n) is 7.40. The van der Waals surface area contributed by atoms with E-state index >= 15 is 0 Å². The molecular formula is C23H22N4O. The fraction of sp³-hybridized carbons (Fsp3) is 0.261. The predicted molar refractivity (Wildman–Crippen MR) is 111 cm³/mol. The molecule has 0 atom stereocenters. The number of piperidine rings is 1. The summed E-state index contributed by atoms with van der Waals surface area (Å²) in [6.07, 6.45) is 2.93. The Balaban J connectivity index is 1.55. The maximum Gasteiger partial charge on any atom is 0.244 e. The number of pyridine rings is 1. The quantitative estimate of drug-likeness (QED) is 0.754. The van der Waals surface area contributed by atoms with Gasteiger partial charge in [-0.05, 0) is 68.4 Å². The van der Waals surface area contributed by atoms with Crippen LogP contribution >= 0.6 is 0 Å². The van der Waals surface area contributed by atoms with E-state index in [1.165, 1.54) is 0 Å². The molecule has 1 aliphatic rings. The summed E-state index contributed by atoms with van der Waals surface area (Å²) in [6, 6.07) is 20.1. The third-order valence-corrected chi connectivity index (χ3v) is 5.59. The van der Waals surface area contributed by atoms with Gasteiger partial charge in [0.2, 0.25) is 5.91 Å². The fourth-order valence-electron chi connectivity index (χ4n) is 3.72. The molecule has 1 N–H and O–H groups in total. The number of anilines is 1. The Kier molecular flexibility index (Phi) is 4.81. The van der Waals surface area contributed by atoms with Crippen LogP contribution in [0.5, 0.6) is 0 Å². The minimum Gasteiger partial charge on any atom is -0.325 e. The number of rotatable bonds is 3. The van der Waals surface area contributed by atoms with Crippen molar-refractivity contribution in [3.63, 3.8) is 0 Å². The molecule has 28 heavy (non-hydrogen) atoms. The van der Waals surface area contributed by atoms with Crippen LogP contribution in [-0.2, 0) is 4.79 Å². The maximum atomic E-state index is 12.8. The largest absolute Gasteiger partial charge is 0.325 e. The molecule has 2 aromatic carbocycles. The van der Waals surface area contributed by atoms with Crippen LogP contribution in [0.1, 0.15) is 12.8 Å². The van der Waals surface area contributed by atoms with Crippen LogP contribution in [0.4, 0.5) is 5.69 Å². The van der Waals surface area contributed by atoms with Crippen LogP contribution in [0.2, 0.25) is 0 Å². The standard InChI is InChI=1S/C23H22N4O/c1-27-14-11-23(16-24,12-15-27)22(28)26-18-8-6-17(7-9-18)19-10-13-25-21-5-3-2-4-20(19)21/h2-10,13H,11-12,14-15H2,1H3,(H,26,28). The van der Waals surface area contributed by atoms with Crippen molar-refractivity contribution in [1.82, 2.24) is 9.88 Å². The molecule has 2 heterocycles. The van der Waals surface area contributed by atoms with Crippen LogP contribution in [0.15, 0.2) is 60.8 Å². The van der Waals surface area contributed by atoms with Gasteiger partial charge in [0, 0.05) is 17.3 Å². The summed E-state index contributed by atoms with van der Waals surface area (Å²) in [4.78, 5) is 19.4. The number of hydrogen-bond acceptors (Lipinski definition) is 4. The summed E-state index contributed by atoms with van der Waals surface area (Å²) in [5, 5.41) is 13.7. The molecule has 1 aliphatic heterocycles. The second kappa shape index (κ2) is 7.41. The first-order chi connectivity index (χ1) is 13.6. The van der Waals surface area contributed by atoms with Crippen molar-refractivity contribution in [3.8, 4) is 17.2 Å². The molecule has 0 aliphatic carbocycles. The number of carbonyl (C=O) groups is 1. The van der Waals surface area contributed by atoms with Gasteiger partial charge in [-0.25, -0.2) is 0 Å². The molecule has 1 saturated heterocycles. The van der Waals surface area contributed by atoms with Gasteiger partial charge >= 0.3 is 0 Å². The fourth-order valence-corrected chi connectivity index (χ4v) is 3.72. The zero-order valence-electron chi connectivity index (χ0n) is 15.9. The maximum absolute atomic E-state index is 12.8. The third kappa shape index (κ3) is 3.35. The van der Waals surface area contributed by atoms with E-state index in [2.05, 4.69) is 27.3 Å². The Bertz CT molecular complexity index is 1040. The Morgan fingerprint density at radius 1 is 1.11 bits per heavy atom. The van der Waals surface area contributed by atoms with Crippen LogP contribution in [0.25, 0.3) is 22.0 Å². The van der Waals surface area contributed by atoms with Crippen molar-refractivity contribution in [2.75, 3.05) is 25.5 Å². The molecule has 0 radical (unpaired) electrons. The van der Waals surface area contributed by atoms with E-state index in [1.807, 2.05) is 61.8 Å². The zero-order valence-corrected chi connectivity index (χ0v) is 15.9. The summed E-state index contributed by atoms with van der Waals surface area (Å²) in [5.74, 6) is -0.204. The van der Waals surface area contributed by atoms with Gasteiger partial charge in [0.15, 0.2) is 0 Å². The number of fused-ring (bicyclic) bond motifs is 1. The number of para-hydroxylation sites is 1. The van der Waals surface area contributed by atoms with E-state index < -0.39 is 5.41 Å². The Hall–Kier alpha value is -3.23. The predicted octanol–water partition coefficient (Wildman–Crippen LogP) is 4.08. The second-order valence-corrected chi connectivity index (χ2v) is 7.40. The van der Waals surface area contributed by atoms with Gasteiger partial charge < -0.3 is 10.2 Å². The smallest absolute Gasteiger partial charge is 0.244 e. The van der Waals surface area contributed by atoms with Gasteiger partial charge in [0.25, 0.3) is 0 Å². The van der Waals surface area contributed by atoms with Crippen molar-refractivity contribution in [1.29, 1.82) is 5.26 Å². The molecule has 4 rings (SSSR count). The van der Waals surface area contributed by atoms with Gasteiger partial charge in [-0.1, -0.05) is 30.3 Å². The van der Waals surface area contributed by atoms with E-state index in [9.17, 15) is 10.1 Å². The molecule has 0 bridgehead atoms. The monoisotopic (exact) mass is 370 g/mol. The normalized spacial score (nSPS) is 16.4. The summed E-state index contributed by atoms with van der Waals surface area (Å²) < 4.78 is 0. The summed E-state index contributed by atoms with van der Waals surface area (Å²) in [5.41, 5.74) is 2.89. The molecule has 0 saturated carbocycles. The zero-order chi connectivity index (χ0) is 19.6. The average molecular weight is 370 g/mol. The van der Waals surface area contributed by atoms with Crippen LogP contribution < -0.4 is 5.32 Å². The van der Waals surface area contributed by atoms with Crippen molar-refractivity contribution < 1.29 is 4.79 Å². The first-order valence-electron chi connectivity index (χ1n) is 9.47. The molecule has 5 nitrogen and oxygen atoms in total. The molecule has 1 fully saturated rings. The lowest BCUT2D eigenvalue weighted by Crippen LogP contribution is -2.44. The van der Waals surface area contributed by atoms with Crippen molar-refractivity contribution in [2.24, 2.45) is 5.41 Å².